The van der Waals surface area contributed by atoms with Gasteiger partial charge in [-0.2, -0.15) is 9.84 Å². The van der Waals surface area contributed by atoms with E-state index >= 15 is 0 Å². The van der Waals surface area contributed by atoms with Crippen LogP contribution in [0.3, 0.4) is 0 Å². The largest absolute Gasteiger partial charge is 0.481 e. The maximum Gasteiger partial charge on any atom is 0.309 e. The van der Waals surface area contributed by atoms with Crippen molar-refractivity contribution in [2.24, 2.45) is 0 Å². The molecule has 0 spiro atoms. The Bertz CT molecular complexity index is 2860. The van der Waals surface area contributed by atoms with Crippen molar-refractivity contribution < 1.29 is 33.5 Å². The first-order chi connectivity index (χ1) is 29.1. The number of ether oxygens (including phenoxy) is 2. The zero-order valence-corrected chi connectivity index (χ0v) is 35.0. The van der Waals surface area contributed by atoms with Crippen LogP contribution in [0.4, 0.5) is 17.1 Å². The van der Waals surface area contributed by atoms with Crippen LogP contribution in [0.15, 0.2) is 131 Å². The molecule has 0 atom stereocenters. The van der Waals surface area contributed by atoms with Gasteiger partial charge in [-0.05, 0) is 71.5 Å². The fourth-order valence-corrected chi connectivity index (χ4v) is 9.95. The quantitative estimate of drug-likeness (QED) is 0.0285. The minimum atomic E-state index is -0.930. The molecule has 300 valence electrons. The van der Waals surface area contributed by atoms with Crippen LogP contribution in [0.1, 0.15) is 32.8 Å². The standard InChI is InChI=1S/C49H41BrN4O6/c1-31(48-53(22-24-59-29-55)45-40-18-10-6-14-36(40)37-15-7-11-19-41(37)46(45)54(48)23-25-60-30-56)26-33(50)27-32(28-51)47-49(2,3)43-38-16-8-4-12-34(38)35-13-5-9-17-39(35)44(43)52(47)21-20-42(57)58/h4-19,26-27,29-30H,20-25H2,1-3H3/p+1. The number of allylic oxidation sites excluding steroid dienone is 5. The lowest BCUT2D eigenvalue weighted by atomic mass is 9.76. The van der Waals surface area contributed by atoms with Crippen LogP contribution in [0.25, 0.3) is 43.1 Å². The van der Waals surface area contributed by atoms with Crippen molar-refractivity contribution in [1.82, 2.24) is 0 Å². The predicted octanol–water partition coefficient (Wildman–Crippen LogP) is 9.78. The summed E-state index contributed by atoms with van der Waals surface area (Å²) in [6.45, 7) is 8.14. The van der Waals surface area contributed by atoms with Crippen molar-refractivity contribution in [2.45, 2.75) is 32.6 Å². The first-order valence-corrected chi connectivity index (χ1v) is 20.5. The number of fused-ring (bicyclic) bond motifs is 12. The van der Waals surface area contributed by atoms with Crippen molar-refractivity contribution >= 4 is 101 Å². The van der Waals surface area contributed by atoms with Gasteiger partial charge in [0.05, 0.1) is 35.3 Å². The van der Waals surface area contributed by atoms with Gasteiger partial charge < -0.3 is 24.4 Å². The highest BCUT2D eigenvalue weighted by Crippen LogP contribution is 2.53. The van der Waals surface area contributed by atoms with Gasteiger partial charge in [0.25, 0.3) is 12.9 Å². The highest BCUT2D eigenvalue weighted by molar-refractivity contribution is 9.11. The first-order valence-electron chi connectivity index (χ1n) is 19.7. The molecular weight excluding hydrogens is 820 g/mol. The molecule has 0 bridgehead atoms. The molecule has 60 heavy (non-hydrogen) atoms. The number of benzene rings is 6. The first kappa shape index (κ1) is 40.0. The molecule has 8 rings (SSSR count). The number of anilines is 2. The van der Waals surface area contributed by atoms with Crippen LogP contribution >= 0.6 is 15.9 Å². The summed E-state index contributed by atoms with van der Waals surface area (Å²) in [6, 6.07) is 35.3. The lowest BCUT2D eigenvalue weighted by molar-refractivity contribution is -0.435. The summed E-state index contributed by atoms with van der Waals surface area (Å²) in [4.78, 5) is 39.2. The number of aliphatic carboxylic acids is 1. The molecule has 6 aromatic carbocycles. The van der Waals surface area contributed by atoms with Gasteiger partial charge in [-0.1, -0.05) is 107 Å². The molecular formula is C49H42BrN4O6+. The van der Waals surface area contributed by atoms with Crippen LogP contribution in [0.2, 0.25) is 0 Å². The van der Waals surface area contributed by atoms with E-state index in [0.717, 1.165) is 77.1 Å². The Kier molecular flexibility index (Phi) is 11.0. The van der Waals surface area contributed by atoms with E-state index in [1.807, 2.05) is 66.1 Å². The summed E-state index contributed by atoms with van der Waals surface area (Å²) in [5, 5.41) is 29.3. The molecule has 1 N–H and O–H groups in total. The fraction of sp³-hybridized carbons (Fsp3) is 0.204. The second kappa shape index (κ2) is 16.5. The van der Waals surface area contributed by atoms with Crippen LogP contribution < -0.4 is 9.80 Å². The van der Waals surface area contributed by atoms with Crippen LogP contribution in [0, 0.1) is 11.3 Å². The molecule has 0 aliphatic carbocycles. The van der Waals surface area contributed by atoms with Gasteiger partial charge in [-0.3, -0.25) is 14.4 Å². The van der Waals surface area contributed by atoms with Gasteiger partial charge >= 0.3 is 5.97 Å². The maximum atomic E-state index is 12.1. The summed E-state index contributed by atoms with van der Waals surface area (Å²) < 4.78 is 13.2. The SMILES string of the molecule is CC(/C=C(Br)/C=C(\C#N)C1=[N+](CCC(=O)O)c2c(c3ccccc3c3ccccc23)C1(C)C)=C1N(CCOC=O)c2c(c3ccccc3c3ccccc23)N1CCOC=O. The number of carbonyl (C=O) groups is 3. The topological polar surface area (TPSA) is 123 Å². The minimum absolute atomic E-state index is 0.117. The van der Waals surface area contributed by atoms with E-state index in [1.54, 1.807) is 6.08 Å². The molecule has 11 heteroatoms. The van der Waals surface area contributed by atoms with Gasteiger partial charge in [0.15, 0.2) is 6.54 Å². The highest BCUT2D eigenvalue weighted by Gasteiger charge is 2.50. The average molecular weight is 863 g/mol. The van der Waals surface area contributed by atoms with Crippen molar-refractivity contribution in [3.05, 3.63) is 136 Å². The van der Waals surface area contributed by atoms with Gasteiger partial charge in [0, 0.05) is 20.8 Å². The van der Waals surface area contributed by atoms with E-state index in [4.69, 9.17) is 9.47 Å². The number of nitrogens with zero attached hydrogens (tertiary/aromatic N) is 4. The molecule has 10 nitrogen and oxygen atoms in total. The Morgan fingerprint density at radius 2 is 1.20 bits per heavy atom. The number of carbonyl (C=O) groups excluding carboxylic acids is 2. The highest BCUT2D eigenvalue weighted by atomic mass is 79.9. The van der Waals surface area contributed by atoms with Crippen molar-refractivity contribution in [2.75, 3.05) is 42.6 Å². The molecule has 6 aromatic rings. The molecule has 0 unspecified atom stereocenters. The second-order valence-electron chi connectivity index (χ2n) is 15.3. The molecule has 2 heterocycles. The maximum absolute atomic E-state index is 12.1. The number of hydrogen-bond acceptors (Lipinski definition) is 8. The van der Waals surface area contributed by atoms with Gasteiger partial charge in [0.2, 0.25) is 11.4 Å². The van der Waals surface area contributed by atoms with E-state index in [0.29, 0.717) is 41.8 Å². The molecule has 0 fully saturated rings. The van der Waals surface area contributed by atoms with Crippen molar-refractivity contribution in [1.29, 1.82) is 5.26 Å². The summed E-state index contributed by atoms with van der Waals surface area (Å²) in [6.07, 6.45) is 3.63. The minimum Gasteiger partial charge on any atom is -0.481 e. The fourth-order valence-electron chi connectivity index (χ4n) is 9.37. The second-order valence-corrected chi connectivity index (χ2v) is 16.2. The monoisotopic (exact) mass is 861 g/mol. The molecule has 0 aromatic heterocycles. The normalized spacial score (nSPS) is 14.8. The number of rotatable bonds is 14. The molecule has 2 aliphatic rings. The van der Waals surface area contributed by atoms with E-state index in [1.165, 1.54) is 0 Å². The lowest BCUT2D eigenvalue weighted by Crippen LogP contribution is -2.34. The predicted molar refractivity (Wildman–Crippen MR) is 240 cm³/mol. The van der Waals surface area contributed by atoms with Gasteiger partial charge in [-0.25, -0.2) is 0 Å². The number of carboxylic acids is 1. The summed E-state index contributed by atoms with van der Waals surface area (Å²) in [7, 11) is 0. The van der Waals surface area contributed by atoms with E-state index in [-0.39, 0.29) is 26.2 Å². The Morgan fingerprint density at radius 1 is 0.750 bits per heavy atom. The van der Waals surface area contributed by atoms with Gasteiger partial charge in [-0.15, -0.1) is 0 Å². The van der Waals surface area contributed by atoms with Crippen molar-refractivity contribution in [3.8, 4) is 6.07 Å². The number of carboxylic acid groups (broad SMARTS) is 1. The Morgan fingerprint density at radius 3 is 1.68 bits per heavy atom. The third kappa shape index (κ3) is 6.76. The van der Waals surface area contributed by atoms with Crippen molar-refractivity contribution in [3.63, 3.8) is 0 Å². The van der Waals surface area contributed by atoms with E-state index in [9.17, 15) is 24.8 Å². The zero-order chi connectivity index (χ0) is 42.1. The average Bonchev–Trinajstić information content (AvgIpc) is 3.70. The van der Waals surface area contributed by atoms with Crippen LogP contribution in [-0.4, -0.2) is 67.2 Å². The van der Waals surface area contributed by atoms with E-state index in [2.05, 4.69) is 94.2 Å². The number of nitriles is 1. The summed E-state index contributed by atoms with van der Waals surface area (Å²) in [5.74, 6) is -0.137. The van der Waals surface area contributed by atoms with Gasteiger partial charge in [0.1, 0.15) is 37.1 Å². The Balaban J connectivity index is 1.33. The van der Waals surface area contributed by atoms with Crippen LogP contribution in [-0.2, 0) is 29.3 Å². The molecule has 0 amide bonds. The zero-order valence-electron chi connectivity index (χ0n) is 33.4. The summed E-state index contributed by atoms with van der Waals surface area (Å²) in [5.41, 5.74) is 5.05. The smallest absolute Gasteiger partial charge is 0.309 e. The molecule has 0 saturated carbocycles. The Labute approximate surface area is 355 Å². The number of hydrogen-bond donors (Lipinski definition) is 1. The third-order valence-electron chi connectivity index (χ3n) is 11.5. The Hall–Kier alpha value is -6.77. The lowest BCUT2D eigenvalue weighted by Gasteiger charge is -2.27. The third-order valence-corrected chi connectivity index (χ3v) is 12.0. The van der Waals surface area contributed by atoms with E-state index < -0.39 is 11.4 Å². The molecule has 0 radical (unpaired) electrons. The molecule has 2 aliphatic heterocycles. The number of halogens is 1. The van der Waals surface area contributed by atoms with Crippen LogP contribution in [0.5, 0.6) is 0 Å². The summed E-state index contributed by atoms with van der Waals surface area (Å²) >= 11 is 3.83. The molecule has 0 saturated heterocycles.